The molecule has 0 aliphatic heterocycles. The predicted octanol–water partition coefficient (Wildman–Crippen LogP) is 3.15. The van der Waals surface area contributed by atoms with Crippen LogP contribution in [0.3, 0.4) is 0 Å². The third-order valence-electron chi connectivity index (χ3n) is 2.72. The molecule has 1 unspecified atom stereocenters. The molecule has 0 radical (unpaired) electrons. The average Bonchev–Trinajstić information content (AvgIpc) is 2.53. The van der Waals surface area contributed by atoms with Gasteiger partial charge < -0.3 is 9.47 Å². The van der Waals surface area contributed by atoms with E-state index in [9.17, 15) is 9.00 Å². The second kappa shape index (κ2) is 8.19. The van der Waals surface area contributed by atoms with Gasteiger partial charge in [0.2, 0.25) is 0 Å². The number of hydrogen-bond acceptors (Lipinski definition) is 4. The van der Waals surface area contributed by atoms with Crippen molar-refractivity contribution in [3.05, 3.63) is 60.2 Å². The molecule has 22 heavy (non-hydrogen) atoms. The smallest absolute Gasteiger partial charge is 0.412 e. The summed E-state index contributed by atoms with van der Waals surface area (Å²) in [6, 6.07) is 16.3. The molecule has 0 heterocycles. The van der Waals surface area contributed by atoms with Crippen LogP contribution in [-0.2, 0) is 22.1 Å². The SMILES string of the molecule is CS(=O)COc1ccccc1NC(=O)OCc1ccccc1. The maximum atomic E-state index is 11.8. The van der Waals surface area contributed by atoms with E-state index in [1.54, 1.807) is 30.5 Å². The molecule has 0 aromatic heterocycles. The largest absolute Gasteiger partial charge is 0.478 e. The summed E-state index contributed by atoms with van der Waals surface area (Å²) < 4.78 is 21.6. The number of carbonyl (C=O) groups excluding carboxylic acids is 1. The van der Waals surface area contributed by atoms with Crippen LogP contribution in [0.1, 0.15) is 5.56 Å². The van der Waals surface area contributed by atoms with Crippen LogP contribution in [0.5, 0.6) is 5.75 Å². The molecule has 1 atom stereocenters. The van der Waals surface area contributed by atoms with Crippen molar-refractivity contribution in [1.29, 1.82) is 0 Å². The van der Waals surface area contributed by atoms with E-state index in [0.717, 1.165) is 5.56 Å². The molecule has 1 amide bonds. The monoisotopic (exact) mass is 319 g/mol. The van der Waals surface area contributed by atoms with Crippen LogP contribution < -0.4 is 10.1 Å². The van der Waals surface area contributed by atoms with E-state index in [4.69, 9.17) is 9.47 Å². The zero-order valence-electron chi connectivity index (χ0n) is 12.2. The Bertz CT molecular complexity index is 646. The van der Waals surface area contributed by atoms with Gasteiger partial charge in [-0.2, -0.15) is 0 Å². The van der Waals surface area contributed by atoms with Gasteiger partial charge in [0, 0.05) is 6.26 Å². The first-order chi connectivity index (χ1) is 10.6. The van der Waals surface area contributed by atoms with Gasteiger partial charge >= 0.3 is 6.09 Å². The number of anilines is 1. The molecule has 2 aromatic rings. The zero-order valence-corrected chi connectivity index (χ0v) is 13.0. The van der Waals surface area contributed by atoms with Crippen LogP contribution in [0.15, 0.2) is 54.6 Å². The van der Waals surface area contributed by atoms with E-state index in [2.05, 4.69) is 5.32 Å². The molecule has 0 aliphatic rings. The molecule has 6 heteroatoms. The predicted molar refractivity (Wildman–Crippen MR) is 86.3 cm³/mol. The Balaban J connectivity index is 1.92. The summed E-state index contributed by atoms with van der Waals surface area (Å²) in [7, 11) is -1.08. The van der Waals surface area contributed by atoms with E-state index in [1.165, 1.54) is 0 Å². The normalized spacial score (nSPS) is 11.5. The van der Waals surface area contributed by atoms with E-state index in [-0.39, 0.29) is 12.5 Å². The first kappa shape index (κ1) is 16.0. The van der Waals surface area contributed by atoms with Gasteiger partial charge in [-0.15, -0.1) is 0 Å². The van der Waals surface area contributed by atoms with Crippen molar-refractivity contribution in [2.24, 2.45) is 0 Å². The van der Waals surface area contributed by atoms with Crippen LogP contribution in [-0.4, -0.2) is 22.5 Å². The van der Waals surface area contributed by atoms with Gasteiger partial charge in [0.1, 0.15) is 12.4 Å². The minimum absolute atomic E-state index is 0.0672. The topological polar surface area (TPSA) is 64.6 Å². The molecular formula is C16H17NO4S. The number of hydrogen-bond donors (Lipinski definition) is 1. The molecule has 1 N–H and O–H groups in total. The number of carbonyl (C=O) groups is 1. The highest BCUT2D eigenvalue weighted by Gasteiger charge is 2.09. The highest BCUT2D eigenvalue weighted by Crippen LogP contribution is 2.24. The second-order valence-corrected chi connectivity index (χ2v) is 5.90. The van der Waals surface area contributed by atoms with Gasteiger partial charge in [0.05, 0.1) is 16.5 Å². The minimum atomic E-state index is -1.08. The number of ether oxygens (including phenoxy) is 2. The first-order valence-corrected chi connectivity index (χ1v) is 8.37. The van der Waals surface area contributed by atoms with Crippen molar-refractivity contribution in [2.75, 3.05) is 17.5 Å². The second-order valence-electron chi connectivity index (χ2n) is 4.52. The van der Waals surface area contributed by atoms with E-state index >= 15 is 0 Å². The quantitative estimate of drug-likeness (QED) is 0.888. The molecule has 5 nitrogen and oxygen atoms in total. The van der Waals surface area contributed by atoms with Crippen molar-refractivity contribution in [3.63, 3.8) is 0 Å². The summed E-state index contributed by atoms with van der Waals surface area (Å²) in [5, 5.41) is 2.62. The molecule has 0 spiro atoms. The fraction of sp³-hybridized carbons (Fsp3) is 0.188. The van der Waals surface area contributed by atoms with Gasteiger partial charge in [0.25, 0.3) is 0 Å². The third-order valence-corrected chi connectivity index (χ3v) is 3.17. The molecule has 0 fully saturated rings. The lowest BCUT2D eigenvalue weighted by atomic mass is 10.2. The number of rotatable bonds is 6. The van der Waals surface area contributed by atoms with E-state index in [0.29, 0.717) is 11.4 Å². The fourth-order valence-corrected chi connectivity index (χ4v) is 2.00. The highest BCUT2D eigenvalue weighted by atomic mass is 32.2. The Morgan fingerprint density at radius 2 is 1.77 bits per heavy atom. The lowest BCUT2D eigenvalue weighted by molar-refractivity contribution is 0.155. The summed E-state index contributed by atoms with van der Waals surface area (Å²) in [6.45, 7) is 0.189. The molecule has 0 saturated heterocycles. The van der Waals surface area contributed by atoms with Crippen molar-refractivity contribution in [2.45, 2.75) is 6.61 Å². The number of benzene rings is 2. The molecule has 0 aliphatic carbocycles. The minimum Gasteiger partial charge on any atom is -0.478 e. The lowest BCUT2D eigenvalue weighted by Gasteiger charge is -2.12. The first-order valence-electron chi connectivity index (χ1n) is 6.64. The highest BCUT2D eigenvalue weighted by molar-refractivity contribution is 7.84. The van der Waals surface area contributed by atoms with Crippen molar-refractivity contribution < 1.29 is 18.5 Å². The summed E-state index contributed by atoms with van der Waals surface area (Å²) in [4.78, 5) is 11.8. The average molecular weight is 319 g/mol. The van der Waals surface area contributed by atoms with Crippen LogP contribution >= 0.6 is 0 Å². The Labute approximate surface area is 131 Å². The fourth-order valence-electron chi connectivity index (χ4n) is 1.71. The maximum absolute atomic E-state index is 11.8. The van der Waals surface area contributed by atoms with Gasteiger partial charge in [0.15, 0.2) is 5.94 Å². The Kier molecular flexibility index (Phi) is 5.97. The van der Waals surface area contributed by atoms with Crippen LogP contribution in [0, 0.1) is 0 Å². The van der Waals surface area contributed by atoms with Crippen LogP contribution in [0.25, 0.3) is 0 Å². The van der Waals surface area contributed by atoms with Crippen molar-refractivity contribution in [1.82, 2.24) is 0 Å². The number of nitrogens with one attached hydrogen (secondary N) is 1. The van der Waals surface area contributed by atoms with Gasteiger partial charge in [-0.3, -0.25) is 9.53 Å². The van der Waals surface area contributed by atoms with Gasteiger partial charge in [-0.1, -0.05) is 42.5 Å². The maximum Gasteiger partial charge on any atom is 0.412 e. The molecule has 2 rings (SSSR count). The molecular weight excluding hydrogens is 302 g/mol. The summed E-state index contributed by atoms with van der Waals surface area (Å²) in [5.41, 5.74) is 1.38. The van der Waals surface area contributed by atoms with E-state index < -0.39 is 16.9 Å². The van der Waals surface area contributed by atoms with Crippen molar-refractivity contribution >= 4 is 22.6 Å². The van der Waals surface area contributed by atoms with E-state index in [1.807, 2.05) is 30.3 Å². The molecule has 2 aromatic carbocycles. The zero-order chi connectivity index (χ0) is 15.8. The Morgan fingerprint density at radius 1 is 1.09 bits per heavy atom. The number of para-hydroxylation sites is 2. The standard InChI is InChI=1S/C16H17NO4S/c1-22(19)12-21-15-10-6-5-9-14(15)17-16(18)20-11-13-7-3-2-4-8-13/h2-10H,11-12H2,1H3,(H,17,18). The molecule has 116 valence electrons. The molecule has 0 saturated carbocycles. The Morgan fingerprint density at radius 3 is 2.50 bits per heavy atom. The van der Waals surface area contributed by atoms with Gasteiger partial charge in [-0.05, 0) is 17.7 Å². The van der Waals surface area contributed by atoms with Crippen LogP contribution in [0.2, 0.25) is 0 Å². The summed E-state index contributed by atoms with van der Waals surface area (Å²) in [6.07, 6.45) is 0.974. The van der Waals surface area contributed by atoms with Crippen LogP contribution in [0.4, 0.5) is 10.5 Å². The lowest BCUT2D eigenvalue weighted by Crippen LogP contribution is -2.15. The number of amides is 1. The Hall–Kier alpha value is -2.34. The molecule has 0 bridgehead atoms. The van der Waals surface area contributed by atoms with Gasteiger partial charge in [-0.25, -0.2) is 4.79 Å². The summed E-state index contributed by atoms with van der Waals surface area (Å²) in [5.74, 6) is 0.520. The van der Waals surface area contributed by atoms with Crippen molar-refractivity contribution in [3.8, 4) is 5.75 Å². The third kappa shape index (κ3) is 5.21. The summed E-state index contributed by atoms with van der Waals surface area (Å²) >= 11 is 0.